The fraction of sp³-hybridized carbons (Fsp3) is 0.448. The SMILES string of the molecule is CCN1CCC(Cc2ccc(C(=O)Cc3ccc(NC(=O)Nc4cc(C(C)(C)C)on4)cc3)nc2)CC1. The molecule has 0 spiro atoms. The van der Waals surface area contributed by atoms with Crippen molar-refractivity contribution < 1.29 is 14.1 Å². The van der Waals surface area contributed by atoms with E-state index < -0.39 is 6.03 Å². The summed E-state index contributed by atoms with van der Waals surface area (Å²) in [4.78, 5) is 32.0. The van der Waals surface area contributed by atoms with Gasteiger partial charge in [-0.25, -0.2) is 4.79 Å². The summed E-state index contributed by atoms with van der Waals surface area (Å²) < 4.78 is 5.29. The summed E-state index contributed by atoms with van der Waals surface area (Å²) in [5.41, 5.74) is 2.95. The first kappa shape index (κ1) is 26.5. The molecule has 1 aliphatic heterocycles. The average Bonchev–Trinajstić information content (AvgIpc) is 3.35. The number of aromatic nitrogens is 2. The number of pyridine rings is 1. The molecule has 3 heterocycles. The number of piperidine rings is 1. The largest absolute Gasteiger partial charge is 0.359 e. The molecule has 1 aliphatic rings. The van der Waals surface area contributed by atoms with E-state index in [1.54, 1.807) is 18.2 Å². The number of hydrogen-bond acceptors (Lipinski definition) is 6. The molecule has 2 amide bonds. The van der Waals surface area contributed by atoms with Crippen LogP contribution in [0.4, 0.5) is 16.3 Å². The third kappa shape index (κ3) is 7.49. The molecule has 196 valence electrons. The summed E-state index contributed by atoms with van der Waals surface area (Å²) in [7, 11) is 0. The van der Waals surface area contributed by atoms with Crippen molar-refractivity contribution in [2.75, 3.05) is 30.3 Å². The standard InChI is InChI=1S/C29H37N5O3/c1-5-34-14-12-21(13-15-34)16-22-8-11-24(30-19-22)25(35)17-20-6-9-23(10-7-20)31-28(36)32-27-18-26(37-33-27)29(2,3)4/h6-11,18-19,21H,5,12-17H2,1-4H3,(H2,31,32,33,36). The van der Waals surface area contributed by atoms with E-state index in [0.29, 0.717) is 28.9 Å². The summed E-state index contributed by atoms with van der Waals surface area (Å²) in [6, 6.07) is 12.4. The second-order valence-electron chi connectivity index (χ2n) is 10.8. The number of Topliss-reactive ketones (excluding diaryl/α,β-unsaturated/α-hetero) is 1. The predicted molar refractivity (Wildman–Crippen MR) is 145 cm³/mol. The summed E-state index contributed by atoms with van der Waals surface area (Å²) in [6.07, 6.45) is 5.57. The summed E-state index contributed by atoms with van der Waals surface area (Å²) in [6.45, 7) is 11.7. The predicted octanol–water partition coefficient (Wildman–Crippen LogP) is 5.71. The molecule has 3 aromatic rings. The smallest absolute Gasteiger partial charge is 0.324 e. The number of benzene rings is 1. The van der Waals surface area contributed by atoms with Gasteiger partial charge in [-0.05, 0) is 74.1 Å². The molecule has 8 heteroatoms. The van der Waals surface area contributed by atoms with Gasteiger partial charge in [-0.1, -0.05) is 51.1 Å². The molecule has 0 saturated carbocycles. The Morgan fingerprint density at radius 1 is 1.03 bits per heavy atom. The maximum atomic E-state index is 12.8. The van der Waals surface area contributed by atoms with Crippen LogP contribution in [-0.4, -0.2) is 46.5 Å². The molecular formula is C29H37N5O3. The van der Waals surface area contributed by atoms with Crippen molar-refractivity contribution in [1.29, 1.82) is 0 Å². The minimum absolute atomic E-state index is 0.0260. The first-order chi connectivity index (χ1) is 17.7. The Hall–Kier alpha value is -3.52. The van der Waals surface area contributed by atoms with Crippen molar-refractivity contribution in [3.63, 3.8) is 0 Å². The quantitative estimate of drug-likeness (QED) is 0.382. The van der Waals surface area contributed by atoms with Gasteiger partial charge in [-0.15, -0.1) is 0 Å². The highest BCUT2D eigenvalue weighted by molar-refractivity contribution is 5.99. The molecule has 2 aromatic heterocycles. The Bertz CT molecular complexity index is 1190. The van der Waals surface area contributed by atoms with E-state index in [9.17, 15) is 9.59 Å². The van der Waals surface area contributed by atoms with E-state index in [-0.39, 0.29) is 17.6 Å². The molecule has 1 aromatic carbocycles. The van der Waals surface area contributed by atoms with Gasteiger partial charge in [0.2, 0.25) is 0 Å². The number of rotatable bonds is 8. The fourth-order valence-electron chi connectivity index (χ4n) is 4.50. The molecule has 0 unspecified atom stereocenters. The van der Waals surface area contributed by atoms with Gasteiger partial charge in [-0.2, -0.15) is 0 Å². The summed E-state index contributed by atoms with van der Waals surface area (Å²) >= 11 is 0. The number of urea groups is 1. The number of anilines is 2. The molecule has 0 radical (unpaired) electrons. The molecule has 0 bridgehead atoms. The van der Waals surface area contributed by atoms with Crippen LogP contribution >= 0.6 is 0 Å². The van der Waals surface area contributed by atoms with Gasteiger partial charge in [0.25, 0.3) is 0 Å². The van der Waals surface area contributed by atoms with Gasteiger partial charge in [-0.3, -0.25) is 15.1 Å². The van der Waals surface area contributed by atoms with E-state index in [1.807, 2.05) is 51.2 Å². The molecular weight excluding hydrogens is 466 g/mol. The van der Waals surface area contributed by atoms with Crippen molar-refractivity contribution in [3.8, 4) is 0 Å². The van der Waals surface area contributed by atoms with E-state index in [4.69, 9.17) is 4.52 Å². The number of likely N-dealkylation sites (tertiary alicyclic amines) is 1. The number of nitrogens with zero attached hydrogens (tertiary/aromatic N) is 3. The van der Waals surface area contributed by atoms with Crippen LogP contribution in [0, 0.1) is 5.92 Å². The molecule has 37 heavy (non-hydrogen) atoms. The van der Waals surface area contributed by atoms with Gasteiger partial charge in [0, 0.05) is 29.8 Å². The number of ketones is 1. The lowest BCUT2D eigenvalue weighted by Gasteiger charge is -2.31. The van der Waals surface area contributed by atoms with E-state index in [0.717, 1.165) is 18.5 Å². The van der Waals surface area contributed by atoms with Crippen molar-refractivity contribution >= 4 is 23.3 Å². The Morgan fingerprint density at radius 3 is 2.32 bits per heavy atom. The molecule has 8 nitrogen and oxygen atoms in total. The van der Waals surface area contributed by atoms with E-state index in [1.165, 1.54) is 31.5 Å². The highest BCUT2D eigenvalue weighted by atomic mass is 16.5. The lowest BCUT2D eigenvalue weighted by atomic mass is 9.90. The highest BCUT2D eigenvalue weighted by Gasteiger charge is 2.21. The Kier molecular flexibility index (Phi) is 8.38. The van der Waals surface area contributed by atoms with Crippen LogP contribution in [0.1, 0.15) is 67.9 Å². The molecule has 0 aliphatic carbocycles. The van der Waals surface area contributed by atoms with Gasteiger partial charge in [0.05, 0.1) is 0 Å². The maximum absolute atomic E-state index is 12.8. The van der Waals surface area contributed by atoms with Crippen LogP contribution in [0.2, 0.25) is 0 Å². The Morgan fingerprint density at radius 2 is 1.73 bits per heavy atom. The second-order valence-corrected chi connectivity index (χ2v) is 10.8. The topological polar surface area (TPSA) is 100 Å². The number of hydrogen-bond donors (Lipinski definition) is 2. The third-order valence-corrected chi connectivity index (χ3v) is 6.86. The number of carbonyl (C=O) groups excluding carboxylic acids is 2. The maximum Gasteiger partial charge on any atom is 0.324 e. The van der Waals surface area contributed by atoms with Crippen molar-refractivity contribution in [1.82, 2.24) is 15.0 Å². The molecule has 2 N–H and O–H groups in total. The van der Waals surface area contributed by atoms with E-state index >= 15 is 0 Å². The molecule has 4 rings (SSSR count). The minimum atomic E-state index is -0.419. The molecule has 1 saturated heterocycles. The van der Waals surface area contributed by atoms with Crippen LogP contribution in [0.15, 0.2) is 53.2 Å². The lowest BCUT2D eigenvalue weighted by Crippen LogP contribution is -2.34. The van der Waals surface area contributed by atoms with Crippen LogP contribution in [0.25, 0.3) is 0 Å². The fourth-order valence-corrected chi connectivity index (χ4v) is 4.50. The Balaban J connectivity index is 1.25. The number of nitrogens with one attached hydrogen (secondary N) is 2. The van der Waals surface area contributed by atoms with Crippen molar-refractivity contribution in [3.05, 3.63) is 71.2 Å². The van der Waals surface area contributed by atoms with Crippen molar-refractivity contribution in [2.45, 2.75) is 58.8 Å². The molecule has 1 fully saturated rings. The van der Waals surface area contributed by atoms with Crippen LogP contribution in [0.5, 0.6) is 0 Å². The van der Waals surface area contributed by atoms with E-state index in [2.05, 4.69) is 32.6 Å². The molecule has 0 atom stereocenters. The lowest BCUT2D eigenvalue weighted by molar-refractivity contribution is 0.0988. The first-order valence-corrected chi connectivity index (χ1v) is 13.0. The van der Waals surface area contributed by atoms with Crippen LogP contribution in [-0.2, 0) is 18.3 Å². The zero-order valence-electron chi connectivity index (χ0n) is 22.2. The van der Waals surface area contributed by atoms with Gasteiger partial charge in [0.15, 0.2) is 11.6 Å². The normalized spacial score (nSPS) is 14.9. The Labute approximate surface area is 218 Å². The third-order valence-electron chi connectivity index (χ3n) is 6.86. The summed E-state index contributed by atoms with van der Waals surface area (Å²) in [5.74, 6) is 1.71. The number of amides is 2. The highest BCUT2D eigenvalue weighted by Crippen LogP contribution is 2.25. The first-order valence-electron chi connectivity index (χ1n) is 13.0. The minimum Gasteiger partial charge on any atom is -0.359 e. The average molecular weight is 504 g/mol. The van der Waals surface area contributed by atoms with Gasteiger partial charge >= 0.3 is 6.03 Å². The zero-order valence-corrected chi connectivity index (χ0v) is 22.2. The monoisotopic (exact) mass is 503 g/mol. The van der Waals surface area contributed by atoms with Gasteiger partial charge in [0.1, 0.15) is 11.5 Å². The second kappa shape index (κ2) is 11.7. The zero-order chi connectivity index (χ0) is 26.4. The summed E-state index contributed by atoms with van der Waals surface area (Å²) in [5, 5.41) is 9.32. The number of carbonyl (C=O) groups is 2. The van der Waals surface area contributed by atoms with Crippen molar-refractivity contribution in [2.24, 2.45) is 5.92 Å². The van der Waals surface area contributed by atoms with Gasteiger partial charge < -0.3 is 14.7 Å². The van der Waals surface area contributed by atoms with Crippen LogP contribution in [0.3, 0.4) is 0 Å². The van der Waals surface area contributed by atoms with Crippen LogP contribution < -0.4 is 10.6 Å².